The Labute approximate surface area is 281 Å². The molecule has 0 unspecified atom stereocenters. The third-order valence-corrected chi connectivity index (χ3v) is 8.56. The van der Waals surface area contributed by atoms with Gasteiger partial charge in [0, 0.05) is 62.1 Å². The van der Waals surface area contributed by atoms with Gasteiger partial charge in [-0.3, -0.25) is 19.2 Å². The molecule has 2 aromatic carbocycles. The lowest BCUT2D eigenvalue weighted by Crippen LogP contribution is -2.55. The first kappa shape index (κ1) is 34.4. The van der Waals surface area contributed by atoms with Gasteiger partial charge in [-0.2, -0.15) is 0 Å². The maximum Gasteiger partial charge on any atom is 0.287 e. The zero-order chi connectivity index (χ0) is 34.3. The number of imidazole rings is 1. The van der Waals surface area contributed by atoms with Gasteiger partial charge in [-0.15, -0.1) is 0 Å². The number of para-hydroxylation sites is 1. The van der Waals surface area contributed by atoms with Crippen LogP contribution in [0.15, 0.2) is 67.1 Å². The number of amides is 4. The zero-order valence-electron chi connectivity index (χ0n) is 28.3. The Hall–Kier alpha value is -4.93. The molecular formula is C37H47N7O4. The van der Waals surface area contributed by atoms with Crippen molar-refractivity contribution in [2.75, 3.05) is 6.54 Å². The second-order valence-electron chi connectivity index (χ2n) is 13.9. The van der Waals surface area contributed by atoms with E-state index >= 15 is 0 Å². The van der Waals surface area contributed by atoms with Crippen LogP contribution in [0, 0.1) is 12.3 Å². The van der Waals surface area contributed by atoms with Gasteiger partial charge >= 0.3 is 0 Å². The molecule has 0 spiro atoms. The molecule has 0 radical (unpaired) electrons. The summed E-state index contributed by atoms with van der Waals surface area (Å²) in [5.41, 5.74) is 3.86. The van der Waals surface area contributed by atoms with Gasteiger partial charge < -0.3 is 30.4 Å². The molecule has 2 atom stereocenters. The van der Waals surface area contributed by atoms with Gasteiger partial charge in [0.05, 0.1) is 6.42 Å². The number of fused-ring (bicyclic) bond motifs is 6. The molecule has 4 amide bonds. The summed E-state index contributed by atoms with van der Waals surface area (Å²) < 4.78 is 3.98. The second-order valence-corrected chi connectivity index (χ2v) is 13.9. The van der Waals surface area contributed by atoms with E-state index in [1.165, 1.54) is 0 Å². The van der Waals surface area contributed by atoms with Gasteiger partial charge in [0.25, 0.3) is 5.91 Å². The standard InChI is InChI=1S/C37H47N7O4/c1-25-12-14-26(15-13-25)22-39-34(46)29-20-27-23-44(31-11-7-6-10-28(27)31)18-9-5-8-17-43-19-16-38-33(43)36(48)42-30(35(47)41-29)21-32(45)40-24-37(2,3)4/h6-7,10-16,19,23,29-30H,5,8-9,17-18,20-22,24H2,1-4H3,(H,39,46)(H,40,45)(H,41,47)(H,42,48)/t29-,30-/m0/s1. The molecule has 5 rings (SSSR count). The summed E-state index contributed by atoms with van der Waals surface area (Å²) >= 11 is 0. The van der Waals surface area contributed by atoms with E-state index in [0.29, 0.717) is 13.1 Å². The van der Waals surface area contributed by atoms with E-state index in [1.54, 1.807) is 17.0 Å². The van der Waals surface area contributed by atoms with Gasteiger partial charge in [-0.05, 0) is 48.8 Å². The summed E-state index contributed by atoms with van der Waals surface area (Å²) in [7, 11) is 0. The third-order valence-electron chi connectivity index (χ3n) is 8.56. The number of nitrogens with one attached hydrogen (secondary N) is 4. The SMILES string of the molecule is Cc1ccc(CNC(=O)[C@@H]2Cc3cn(c4ccccc34)CCCCCn3ccnc3C(=O)N[C@@H](CC(=O)NCC(C)(C)C)C(=O)N2)cc1. The molecule has 0 saturated carbocycles. The average Bonchev–Trinajstić information content (AvgIpc) is 3.66. The highest BCUT2D eigenvalue weighted by molar-refractivity contribution is 5.98. The number of rotatable bonds is 6. The molecule has 1 aliphatic rings. The molecule has 0 fully saturated rings. The van der Waals surface area contributed by atoms with E-state index in [9.17, 15) is 19.2 Å². The number of aromatic nitrogens is 3. The summed E-state index contributed by atoms with van der Waals surface area (Å²) in [5.74, 6) is -1.77. The molecule has 4 N–H and O–H groups in total. The van der Waals surface area contributed by atoms with E-state index < -0.39 is 23.9 Å². The van der Waals surface area contributed by atoms with Gasteiger partial charge in [0.2, 0.25) is 17.7 Å². The van der Waals surface area contributed by atoms with Crippen LogP contribution < -0.4 is 21.3 Å². The Kier molecular flexibility index (Phi) is 11.0. The summed E-state index contributed by atoms with van der Waals surface area (Å²) in [4.78, 5) is 58.7. The van der Waals surface area contributed by atoms with Crippen molar-refractivity contribution < 1.29 is 19.2 Å². The van der Waals surface area contributed by atoms with E-state index in [0.717, 1.165) is 53.4 Å². The predicted molar refractivity (Wildman–Crippen MR) is 185 cm³/mol. The summed E-state index contributed by atoms with van der Waals surface area (Å²) in [5, 5.41) is 12.5. The quantitative estimate of drug-likeness (QED) is 0.249. The Balaban J connectivity index is 1.47. The highest BCUT2D eigenvalue weighted by atomic mass is 16.2. The molecule has 2 bridgehead atoms. The van der Waals surface area contributed by atoms with Crippen LogP contribution in [0.5, 0.6) is 0 Å². The third kappa shape index (κ3) is 9.11. The molecule has 0 aliphatic carbocycles. The van der Waals surface area contributed by atoms with E-state index in [1.807, 2.05) is 70.2 Å². The molecule has 0 saturated heterocycles. The van der Waals surface area contributed by atoms with E-state index in [-0.39, 0.29) is 42.4 Å². The molecule has 1 aliphatic heterocycles. The predicted octanol–water partition coefficient (Wildman–Crippen LogP) is 4.02. The Morgan fingerprint density at radius 1 is 0.938 bits per heavy atom. The smallest absolute Gasteiger partial charge is 0.287 e. The van der Waals surface area contributed by atoms with Gasteiger partial charge in [-0.25, -0.2) is 4.98 Å². The molecule has 3 heterocycles. The van der Waals surface area contributed by atoms with E-state index in [4.69, 9.17) is 0 Å². The van der Waals surface area contributed by atoms with Crippen LogP contribution in [0.25, 0.3) is 10.9 Å². The van der Waals surface area contributed by atoms with Crippen LogP contribution in [-0.4, -0.2) is 56.4 Å². The minimum Gasteiger partial charge on any atom is -0.355 e. The minimum absolute atomic E-state index is 0.167. The topological polar surface area (TPSA) is 139 Å². The average molecular weight is 654 g/mol. The Morgan fingerprint density at radius 2 is 1.67 bits per heavy atom. The Morgan fingerprint density at radius 3 is 2.42 bits per heavy atom. The molecule has 4 aromatic rings. The van der Waals surface area contributed by atoms with Gasteiger partial charge in [-0.1, -0.05) is 68.8 Å². The second kappa shape index (κ2) is 15.3. The largest absolute Gasteiger partial charge is 0.355 e. The van der Waals surface area contributed by atoms with Crippen LogP contribution >= 0.6 is 0 Å². The summed E-state index contributed by atoms with van der Waals surface area (Å²) in [6.45, 7) is 10.0. The van der Waals surface area contributed by atoms with Crippen molar-refractivity contribution in [3.8, 4) is 0 Å². The summed E-state index contributed by atoms with van der Waals surface area (Å²) in [6, 6.07) is 13.7. The molecule has 11 heteroatoms. The minimum atomic E-state index is -1.24. The maximum absolute atomic E-state index is 14.0. The van der Waals surface area contributed by atoms with Crippen molar-refractivity contribution in [3.05, 3.63) is 89.6 Å². The molecule has 48 heavy (non-hydrogen) atoms. The fraction of sp³-hybridized carbons (Fsp3) is 0.432. The van der Waals surface area contributed by atoms with Gasteiger partial charge in [0.1, 0.15) is 12.1 Å². The van der Waals surface area contributed by atoms with Crippen LogP contribution in [0.3, 0.4) is 0 Å². The molecule has 11 nitrogen and oxygen atoms in total. The lowest BCUT2D eigenvalue weighted by atomic mass is 9.97. The number of aryl methyl sites for hydroxylation is 3. The first-order valence-corrected chi connectivity index (χ1v) is 16.8. The maximum atomic E-state index is 14.0. The first-order chi connectivity index (χ1) is 23.0. The highest BCUT2D eigenvalue weighted by Gasteiger charge is 2.31. The van der Waals surface area contributed by atoms with Gasteiger partial charge in [0.15, 0.2) is 5.82 Å². The lowest BCUT2D eigenvalue weighted by molar-refractivity contribution is -0.131. The number of carbonyl (C=O) groups excluding carboxylic acids is 4. The fourth-order valence-electron chi connectivity index (χ4n) is 5.88. The Bertz CT molecular complexity index is 1750. The van der Waals surface area contributed by atoms with Crippen molar-refractivity contribution in [2.45, 2.75) is 91.5 Å². The molecule has 254 valence electrons. The highest BCUT2D eigenvalue weighted by Crippen LogP contribution is 2.24. The number of hydrogen-bond acceptors (Lipinski definition) is 5. The van der Waals surface area contributed by atoms with Crippen molar-refractivity contribution in [2.24, 2.45) is 5.41 Å². The zero-order valence-corrected chi connectivity index (χ0v) is 28.3. The van der Waals surface area contributed by atoms with Crippen LogP contribution in [-0.2, 0) is 40.4 Å². The van der Waals surface area contributed by atoms with Crippen LogP contribution in [0.1, 0.15) is 73.8 Å². The van der Waals surface area contributed by atoms with Crippen molar-refractivity contribution in [1.82, 2.24) is 35.4 Å². The number of nitrogens with zero attached hydrogens (tertiary/aromatic N) is 3. The summed E-state index contributed by atoms with van der Waals surface area (Å²) in [6.07, 6.45) is 7.99. The monoisotopic (exact) mass is 653 g/mol. The molecular weight excluding hydrogens is 606 g/mol. The number of carbonyl (C=O) groups is 4. The van der Waals surface area contributed by atoms with Crippen LogP contribution in [0.4, 0.5) is 0 Å². The van der Waals surface area contributed by atoms with Crippen molar-refractivity contribution in [1.29, 1.82) is 0 Å². The van der Waals surface area contributed by atoms with Crippen LogP contribution in [0.2, 0.25) is 0 Å². The van der Waals surface area contributed by atoms with E-state index in [2.05, 4.69) is 43.1 Å². The number of benzene rings is 2. The van der Waals surface area contributed by atoms with Crippen molar-refractivity contribution in [3.63, 3.8) is 0 Å². The molecule has 2 aromatic heterocycles. The normalized spacial score (nSPS) is 17.9. The lowest BCUT2D eigenvalue weighted by Gasteiger charge is -2.24. The first-order valence-electron chi connectivity index (χ1n) is 16.8. The fourth-order valence-corrected chi connectivity index (χ4v) is 5.88. The number of hydrogen-bond donors (Lipinski definition) is 4. The van der Waals surface area contributed by atoms with Crippen molar-refractivity contribution >= 4 is 34.5 Å².